The molecule has 1 aromatic rings. The quantitative estimate of drug-likeness (QED) is 0.578. The number of amidine groups is 1. The number of methoxy groups -OCH3 is 1. The zero-order valence-corrected chi connectivity index (χ0v) is 14.1. The Morgan fingerprint density at radius 3 is 3.00 bits per heavy atom. The van der Waals surface area contributed by atoms with Gasteiger partial charge in [-0.3, -0.25) is 9.59 Å². The average Bonchev–Trinajstić information content (AvgIpc) is 2.82. The van der Waals surface area contributed by atoms with Gasteiger partial charge in [-0.1, -0.05) is 11.8 Å². The Hall–Kier alpha value is -1.94. The number of carbonyl (C=O) groups excluding carboxylic acids is 1. The normalized spacial score (nSPS) is 19.3. The van der Waals surface area contributed by atoms with Gasteiger partial charge in [0.2, 0.25) is 5.91 Å². The number of carbonyl (C=O) groups is 2. The van der Waals surface area contributed by atoms with Gasteiger partial charge in [-0.2, -0.15) is 5.10 Å². The summed E-state index contributed by atoms with van der Waals surface area (Å²) >= 11 is 4.07. The molecule has 0 saturated carbocycles. The van der Waals surface area contributed by atoms with Crippen molar-refractivity contribution < 1.29 is 23.8 Å². The second-order valence-electron chi connectivity index (χ2n) is 4.33. The van der Waals surface area contributed by atoms with Crippen LogP contribution < -0.4 is 10.1 Å². The number of nitrogens with zero attached hydrogens (tertiary/aromatic N) is 2. The maximum atomic E-state index is 13.4. The van der Waals surface area contributed by atoms with Gasteiger partial charge in [0.05, 0.1) is 24.2 Å². The summed E-state index contributed by atoms with van der Waals surface area (Å²) < 4.78 is 18.7. The molecule has 2 rings (SSSR count). The van der Waals surface area contributed by atoms with E-state index < -0.39 is 22.9 Å². The van der Waals surface area contributed by atoms with Gasteiger partial charge >= 0.3 is 5.97 Å². The van der Waals surface area contributed by atoms with Crippen LogP contribution in [-0.4, -0.2) is 40.7 Å². The van der Waals surface area contributed by atoms with Crippen LogP contribution in [0.2, 0.25) is 0 Å². The Kier molecular flexibility index (Phi) is 5.72. The van der Waals surface area contributed by atoms with E-state index in [2.05, 4.69) is 31.4 Å². The number of carboxylic acid groups (broad SMARTS) is 1. The highest BCUT2D eigenvalue weighted by atomic mass is 79.9. The minimum absolute atomic E-state index is 0.168. The predicted octanol–water partition coefficient (Wildman–Crippen LogP) is 1.99. The third-order valence-electron chi connectivity index (χ3n) is 2.77. The molecular weight excluding hydrogens is 393 g/mol. The number of hydrogen-bond donors (Lipinski definition) is 2. The van der Waals surface area contributed by atoms with Crippen LogP contribution in [-0.2, 0) is 9.59 Å². The highest BCUT2D eigenvalue weighted by Gasteiger charge is 2.32. The van der Waals surface area contributed by atoms with Crippen LogP contribution in [0.15, 0.2) is 26.8 Å². The molecule has 0 bridgehead atoms. The second-order valence-corrected chi connectivity index (χ2v) is 6.31. The lowest BCUT2D eigenvalue weighted by Crippen LogP contribution is -2.26. The number of rotatable bonds is 5. The molecule has 0 spiro atoms. The second kappa shape index (κ2) is 7.55. The fraction of sp³-hybridized carbons (Fsp3) is 0.231. The van der Waals surface area contributed by atoms with E-state index in [1.807, 2.05) is 0 Å². The van der Waals surface area contributed by atoms with E-state index in [-0.39, 0.29) is 21.8 Å². The lowest BCUT2D eigenvalue weighted by atomic mass is 10.2. The molecule has 0 aromatic heterocycles. The molecule has 10 heteroatoms. The molecule has 1 unspecified atom stereocenters. The topological polar surface area (TPSA) is 100 Å². The average molecular weight is 404 g/mol. The summed E-state index contributed by atoms with van der Waals surface area (Å²) in [5.74, 6) is -1.70. The minimum atomic E-state index is -1.07. The molecule has 1 aliphatic rings. The molecule has 1 heterocycles. The van der Waals surface area contributed by atoms with Crippen molar-refractivity contribution in [2.24, 2.45) is 10.2 Å². The summed E-state index contributed by atoms with van der Waals surface area (Å²) in [5, 5.41) is 18.2. The molecule has 1 atom stereocenters. The molecule has 1 aromatic carbocycles. The van der Waals surface area contributed by atoms with Gasteiger partial charge in [-0.05, 0) is 28.1 Å². The molecule has 2 N–H and O–H groups in total. The summed E-state index contributed by atoms with van der Waals surface area (Å²) in [6, 6.07) is 2.71. The van der Waals surface area contributed by atoms with Crippen molar-refractivity contribution >= 4 is 51.0 Å². The van der Waals surface area contributed by atoms with Crippen molar-refractivity contribution in [3.63, 3.8) is 0 Å². The van der Waals surface area contributed by atoms with Gasteiger partial charge in [-0.25, -0.2) is 4.39 Å². The number of aliphatic carboxylic acids is 1. The fourth-order valence-corrected chi connectivity index (χ4v) is 3.18. The van der Waals surface area contributed by atoms with Gasteiger partial charge in [0.15, 0.2) is 5.17 Å². The Morgan fingerprint density at radius 1 is 1.61 bits per heavy atom. The van der Waals surface area contributed by atoms with Crippen molar-refractivity contribution in [1.82, 2.24) is 5.32 Å². The molecule has 1 aliphatic heterocycles. The lowest BCUT2D eigenvalue weighted by Gasteiger charge is -2.06. The van der Waals surface area contributed by atoms with E-state index in [9.17, 15) is 14.0 Å². The van der Waals surface area contributed by atoms with Crippen molar-refractivity contribution in [1.29, 1.82) is 0 Å². The number of amides is 1. The van der Waals surface area contributed by atoms with Crippen LogP contribution in [0.25, 0.3) is 0 Å². The molecule has 0 aliphatic carbocycles. The van der Waals surface area contributed by atoms with Crippen LogP contribution in [0.4, 0.5) is 4.39 Å². The van der Waals surface area contributed by atoms with Crippen LogP contribution >= 0.6 is 27.7 Å². The van der Waals surface area contributed by atoms with E-state index in [1.54, 1.807) is 0 Å². The number of thioether (sulfide) groups is 1. The monoisotopic (exact) mass is 403 g/mol. The Morgan fingerprint density at radius 2 is 2.35 bits per heavy atom. The maximum Gasteiger partial charge on any atom is 0.305 e. The molecule has 7 nitrogen and oxygen atoms in total. The minimum Gasteiger partial charge on any atom is -0.495 e. The number of nitrogens with one attached hydrogen (secondary N) is 1. The molecule has 1 fully saturated rings. The summed E-state index contributed by atoms with van der Waals surface area (Å²) in [6.07, 6.45) is 1.05. The fourth-order valence-electron chi connectivity index (χ4n) is 1.74. The van der Waals surface area contributed by atoms with Gasteiger partial charge in [-0.15, -0.1) is 5.10 Å². The first-order chi connectivity index (χ1) is 10.9. The third kappa shape index (κ3) is 4.29. The molecule has 1 saturated heterocycles. The van der Waals surface area contributed by atoms with E-state index in [4.69, 9.17) is 9.84 Å². The summed E-state index contributed by atoms with van der Waals surface area (Å²) in [5.41, 5.74) is 0.488. The Balaban J connectivity index is 2.12. The first kappa shape index (κ1) is 17.4. The third-order valence-corrected chi connectivity index (χ3v) is 4.58. The molecular formula is C13H11BrFN3O4S. The predicted molar refractivity (Wildman–Crippen MR) is 87.5 cm³/mol. The number of benzene rings is 1. The molecule has 0 radical (unpaired) electrons. The highest BCUT2D eigenvalue weighted by Crippen LogP contribution is 2.30. The SMILES string of the molecule is COc1c(C=NN=C2NC(=O)C(CC(=O)O)S2)ccc(F)c1Br. The van der Waals surface area contributed by atoms with Crippen molar-refractivity contribution in [2.75, 3.05) is 7.11 Å². The van der Waals surface area contributed by atoms with Crippen molar-refractivity contribution in [2.45, 2.75) is 11.7 Å². The number of halogens is 2. The van der Waals surface area contributed by atoms with Crippen LogP contribution in [0.3, 0.4) is 0 Å². The lowest BCUT2D eigenvalue weighted by molar-refractivity contribution is -0.138. The Bertz CT molecular complexity index is 711. The van der Waals surface area contributed by atoms with Crippen molar-refractivity contribution in [3.8, 4) is 5.75 Å². The summed E-state index contributed by atoms with van der Waals surface area (Å²) in [6.45, 7) is 0. The molecule has 122 valence electrons. The number of ether oxygens (including phenoxy) is 1. The van der Waals surface area contributed by atoms with Gasteiger partial charge in [0.25, 0.3) is 0 Å². The number of hydrogen-bond acceptors (Lipinski definition) is 6. The summed E-state index contributed by atoms with van der Waals surface area (Å²) in [7, 11) is 1.40. The summed E-state index contributed by atoms with van der Waals surface area (Å²) in [4.78, 5) is 22.2. The van der Waals surface area contributed by atoms with Gasteiger partial charge in [0, 0.05) is 5.56 Å². The standard InChI is InChI=1S/C13H11BrFN3O4S/c1-22-11-6(2-3-7(15)10(11)14)5-16-18-13-17-12(21)8(23-13)4-9(19)20/h2-3,5,8H,4H2,1H3,(H,19,20)(H,17,18,21). The van der Waals surface area contributed by atoms with Gasteiger partial charge in [0.1, 0.15) is 16.8 Å². The first-order valence-corrected chi connectivity index (χ1v) is 7.92. The largest absolute Gasteiger partial charge is 0.495 e. The highest BCUT2D eigenvalue weighted by molar-refractivity contribution is 9.10. The maximum absolute atomic E-state index is 13.4. The van der Waals surface area contributed by atoms with Crippen LogP contribution in [0, 0.1) is 5.82 Å². The van der Waals surface area contributed by atoms with Crippen LogP contribution in [0.5, 0.6) is 5.75 Å². The van der Waals surface area contributed by atoms with E-state index in [1.165, 1.54) is 25.5 Å². The van der Waals surface area contributed by atoms with E-state index >= 15 is 0 Å². The molecule has 23 heavy (non-hydrogen) atoms. The van der Waals surface area contributed by atoms with Gasteiger partial charge < -0.3 is 15.2 Å². The zero-order chi connectivity index (χ0) is 17.0. The number of carboxylic acids is 1. The zero-order valence-electron chi connectivity index (χ0n) is 11.7. The van der Waals surface area contributed by atoms with Crippen LogP contribution in [0.1, 0.15) is 12.0 Å². The smallest absolute Gasteiger partial charge is 0.305 e. The molecule has 1 amide bonds. The Labute approximate surface area is 143 Å². The first-order valence-electron chi connectivity index (χ1n) is 6.24. The van der Waals surface area contributed by atoms with Crippen molar-refractivity contribution in [3.05, 3.63) is 28.0 Å². The van der Waals surface area contributed by atoms with E-state index in [0.29, 0.717) is 5.56 Å². The van der Waals surface area contributed by atoms with E-state index in [0.717, 1.165) is 11.8 Å².